The second-order valence-electron chi connectivity index (χ2n) is 11.9. The Balaban J connectivity index is 1.58. The van der Waals surface area contributed by atoms with Crippen molar-refractivity contribution in [2.45, 2.75) is 110 Å². The lowest BCUT2D eigenvalue weighted by Gasteiger charge is -2.63. The summed E-state index contributed by atoms with van der Waals surface area (Å²) in [7, 11) is 0. The van der Waals surface area contributed by atoms with Crippen LogP contribution in [0.25, 0.3) is 0 Å². The van der Waals surface area contributed by atoms with Crippen molar-refractivity contribution in [1.29, 1.82) is 0 Å². The van der Waals surface area contributed by atoms with Gasteiger partial charge >= 0.3 is 0 Å². The van der Waals surface area contributed by atoms with E-state index in [1.807, 2.05) is 0 Å². The third-order valence-corrected chi connectivity index (χ3v) is 10.7. The van der Waals surface area contributed by atoms with Gasteiger partial charge in [0, 0.05) is 0 Å². The molecule has 0 aromatic carbocycles. The molecule has 4 rings (SSSR count). The Morgan fingerprint density at radius 1 is 0.966 bits per heavy atom. The maximum absolute atomic E-state index is 11.6. The first-order chi connectivity index (χ1) is 13.7. The van der Waals surface area contributed by atoms with Crippen molar-refractivity contribution in [2.75, 3.05) is 0 Å². The lowest BCUT2D eigenvalue weighted by molar-refractivity contribution is -0.207. The Bertz CT molecular complexity index is 578. The molecule has 0 bridgehead atoms. The van der Waals surface area contributed by atoms with E-state index >= 15 is 0 Å². The van der Waals surface area contributed by atoms with Gasteiger partial charge in [0.25, 0.3) is 0 Å². The number of aliphatic hydroxyl groups excluding tert-OH is 3. The summed E-state index contributed by atoms with van der Waals surface area (Å²) in [6.07, 6.45) is 10.8. The lowest BCUT2D eigenvalue weighted by atomic mass is 9.43. The van der Waals surface area contributed by atoms with Gasteiger partial charge in [-0.2, -0.15) is 0 Å². The molecule has 167 valence electrons. The van der Waals surface area contributed by atoms with E-state index in [0.717, 1.165) is 38.5 Å². The third-order valence-electron chi connectivity index (χ3n) is 10.7. The van der Waals surface area contributed by atoms with E-state index in [4.69, 9.17) is 0 Å². The highest BCUT2D eigenvalue weighted by Crippen LogP contribution is 2.68. The van der Waals surface area contributed by atoms with Crippen molar-refractivity contribution in [3.8, 4) is 0 Å². The number of rotatable bonds is 5. The predicted octanol–water partition coefficient (Wildman–Crippen LogP) is 4.98. The van der Waals surface area contributed by atoms with Gasteiger partial charge in [0.1, 0.15) is 0 Å². The van der Waals surface area contributed by atoms with E-state index in [-0.39, 0.29) is 29.1 Å². The molecule has 0 aromatic rings. The van der Waals surface area contributed by atoms with E-state index < -0.39 is 0 Å². The van der Waals surface area contributed by atoms with Gasteiger partial charge in [-0.3, -0.25) is 0 Å². The average molecular weight is 406 g/mol. The van der Waals surface area contributed by atoms with Gasteiger partial charge < -0.3 is 15.3 Å². The summed E-state index contributed by atoms with van der Waals surface area (Å²) in [5, 5.41) is 33.1. The van der Waals surface area contributed by atoms with Crippen molar-refractivity contribution in [3.63, 3.8) is 0 Å². The molecule has 3 nitrogen and oxygen atoms in total. The minimum atomic E-state index is -0.263. The average Bonchev–Trinajstić information content (AvgIpc) is 3.03. The molecular weight excluding hydrogens is 360 g/mol. The van der Waals surface area contributed by atoms with Crippen LogP contribution in [0.2, 0.25) is 0 Å². The molecular formula is C26H45O3. The maximum atomic E-state index is 11.6. The normalized spacial score (nSPS) is 53.1. The first-order valence-corrected chi connectivity index (χ1v) is 12.6. The van der Waals surface area contributed by atoms with Crippen LogP contribution < -0.4 is 0 Å². The predicted molar refractivity (Wildman–Crippen MR) is 117 cm³/mol. The van der Waals surface area contributed by atoms with Crippen molar-refractivity contribution >= 4 is 0 Å². The number of hydrogen-bond acceptors (Lipinski definition) is 3. The van der Waals surface area contributed by atoms with Crippen LogP contribution >= 0.6 is 0 Å². The lowest BCUT2D eigenvalue weighted by Crippen LogP contribution is -2.62. The number of hydrogen-bond donors (Lipinski definition) is 3. The van der Waals surface area contributed by atoms with Crippen LogP contribution in [0.5, 0.6) is 0 Å². The monoisotopic (exact) mass is 405 g/mol. The Morgan fingerprint density at radius 2 is 1.72 bits per heavy atom. The van der Waals surface area contributed by atoms with Gasteiger partial charge in [-0.25, -0.2) is 0 Å². The molecule has 4 saturated carbocycles. The molecule has 11 atom stereocenters. The molecule has 4 aliphatic carbocycles. The van der Waals surface area contributed by atoms with Crippen LogP contribution in [0.1, 0.15) is 91.4 Å². The third kappa shape index (κ3) is 3.42. The molecule has 0 aliphatic heterocycles. The number of fused-ring (bicyclic) bond motifs is 5. The van der Waals surface area contributed by atoms with Gasteiger partial charge in [0.2, 0.25) is 0 Å². The summed E-state index contributed by atoms with van der Waals surface area (Å²) in [6, 6.07) is 0. The molecule has 0 unspecified atom stereocenters. The molecule has 3 heteroatoms. The second kappa shape index (κ2) is 8.10. The van der Waals surface area contributed by atoms with Gasteiger partial charge in [-0.05, 0) is 91.3 Å². The first-order valence-electron chi connectivity index (χ1n) is 12.6. The first kappa shape index (κ1) is 22.1. The van der Waals surface area contributed by atoms with Crippen LogP contribution in [0, 0.1) is 53.3 Å². The van der Waals surface area contributed by atoms with Crippen molar-refractivity contribution in [2.24, 2.45) is 46.3 Å². The van der Waals surface area contributed by atoms with E-state index in [2.05, 4.69) is 27.7 Å². The smallest absolute Gasteiger partial charge is 0.0602 e. The highest BCUT2D eigenvalue weighted by Gasteiger charge is 2.65. The fraction of sp³-hybridized carbons (Fsp3) is 0.962. The molecule has 0 saturated heterocycles. The molecule has 0 heterocycles. The Kier molecular flexibility index (Phi) is 6.17. The van der Waals surface area contributed by atoms with E-state index in [1.54, 1.807) is 0 Å². The Labute approximate surface area is 178 Å². The quantitative estimate of drug-likeness (QED) is 0.565. The number of unbranched alkanes of at least 4 members (excludes halogenated alkanes) is 2. The largest absolute Gasteiger partial charge is 0.393 e. The zero-order chi connectivity index (χ0) is 21.0. The minimum absolute atomic E-state index is 0.0522. The number of aliphatic hydroxyl groups is 3. The topological polar surface area (TPSA) is 60.7 Å². The van der Waals surface area contributed by atoms with Crippen LogP contribution in [0.4, 0.5) is 0 Å². The van der Waals surface area contributed by atoms with E-state index in [9.17, 15) is 15.3 Å². The fourth-order valence-electron chi connectivity index (χ4n) is 8.98. The summed E-state index contributed by atoms with van der Waals surface area (Å²) in [6.45, 7) is 11.2. The SMILES string of the molecule is [CH2]CCCC[C@@H](C)[C@H]1CC[C@H]2[C@@H]3[C@H](O)C[C@@H]4C[C@H](O)CC[C@]4(C)[C@H]3C[C@H](O)[C@]12C. The highest BCUT2D eigenvalue weighted by molar-refractivity contribution is 5.14. The molecule has 0 amide bonds. The Morgan fingerprint density at radius 3 is 2.45 bits per heavy atom. The highest BCUT2D eigenvalue weighted by atomic mass is 16.3. The summed E-state index contributed by atoms with van der Waals surface area (Å²) in [5.74, 6) is 2.78. The van der Waals surface area contributed by atoms with Crippen molar-refractivity contribution < 1.29 is 15.3 Å². The van der Waals surface area contributed by atoms with E-state index in [1.165, 1.54) is 32.1 Å². The minimum Gasteiger partial charge on any atom is -0.393 e. The standard InChI is InChI=1S/C26H45O3/c1-5-6-7-8-16(2)19-9-10-20-24-21(15-23(29)26(19,20)4)25(3)12-11-18(27)13-17(25)14-22(24)28/h16-24,27-29H,1,5-15H2,2-4H3/t16-,17+,18-,19-,20+,21+,22-,23+,24+,25+,26-/m1/s1. The second-order valence-corrected chi connectivity index (χ2v) is 11.9. The molecule has 4 fully saturated rings. The van der Waals surface area contributed by atoms with Crippen LogP contribution in [0.3, 0.4) is 0 Å². The van der Waals surface area contributed by atoms with Crippen molar-refractivity contribution in [1.82, 2.24) is 0 Å². The van der Waals surface area contributed by atoms with Crippen LogP contribution in [-0.4, -0.2) is 33.6 Å². The molecule has 0 aromatic heterocycles. The van der Waals surface area contributed by atoms with Gasteiger partial charge in [-0.1, -0.05) is 53.4 Å². The van der Waals surface area contributed by atoms with Gasteiger partial charge in [0.15, 0.2) is 0 Å². The van der Waals surface area contributed by atoms with Gasteiger partial charge in [-0.15, -0.1) is 0 Å². The Hall–Kier alpha value is -0.120. The zero-order valence-electron chi connectivity index (χ0n) is 19.0. The van der Waals surface area contributed by atoms with Crippen molar-refractivity contribution in [3.05, 3.63) is 6.92 Å². The summed E-state index contributed by atoms with van der Waals surface area (Å²) < 4.78 is 0. The zero-order valence-corrected chi connectivity index (χ0v) is 19.0. The molecule has 1 radical (unpaired) electrons. The molecule has 3 N–H and O–H groups in total. The van der Waals surface area contributed by atoms with Crippen LogP contribution in [-0.2, 0) is 0 Å². The van der Waals surface area contributed by atoms with Gasteiger partial charge in [0.05, 0.1) is 18.3 Å². The summed E-state index contributed by atoms with van der Waals surface area (Å²) in [5.41, 5.74) is 0.118. The summed E-state index contributed by atoms with van der Waals surface area (Å²) in [4.78, 5) is 0. The molecule has 29 heavy (non-hydrogen) atoms. The summed E-state index contributed by atoms with van der Waals surface area (Å²) >= 11 is 0. The molecule has 4 aliphatic rings. The van der Waals surface area contributed by atoms with E-state index in [0.29, 0.717) is 35.5 Å². The molecule has 0 spiro atoms. The maximum Gasteiger partial charge on any atom is 0.0602 e. The van der Waals surface area contributed by atoms with Crippen LogP contribution in [0.15, 0.2) is 0 Å². The fourth-order valence-corrected chi connectivity index (χ4v) is 8.98.